The molecule has 0 saturated heterocycles. The predicted octanol–water partition coefficient (Wildman–Crippen LogP) is 2.26. The summed E-state index contributed by atoms with van der Waals surface area (Å²) in [4.78, 5) is 28.2. The first-order chi connectivity index (χ1) is 11.0. The number of halogens is 1. The molecule has 7 heteroatoms. The zero-order valence-corrected chi connectivity index (χ0v) is 12.2. The number of carbonyl (C=O) groups excluding carboxylic acids is 1. The molecule has 23 heavy (non-hydrogen) atoms. The maximum Gasteiger partial charge on any atom is 0.329 e. The van der Waals surface area contributed by atoms with Gasteiger partial charge < -0.3 is 9.63 Å². The molecule has 2 aromatic heterocycles. The monoisotopic (exact) mass is 316 g/mol. The molecule has 1 N–H and O–H groups in total. The van der Waals surface area contributed by atoms with Crippen LogP contribution in [0, 0.1) is 12.7 Å². The lowest BCUT2D eigenvalue weighted by molar-refractivity contribution is 0.0974. The summed E-state index contributed by atoms with van der Waals surface area (Å²) < 4.78 is 18.8. The number of fused-ring (bicyclic) bond motifs is 1. The number of benzene rings is 1. The molecule has 118 valence electrons. The second kappa shape index (κ2) is 5.68. The zero-order valence-electron chi connectivity index (χ0n) is 12.2. The quantitative estimate of drug-likeness (QED) is 0.746. The molecule has 0 radical (unpaired) electrons. The molecule has 0 unspecified atom stereocenters. The Morgan fingerprint density at radius 1 is 1.35 bits per heavy atom. The first-order valence-corrected chi connectivity index (χ1v) is 6.96. The third-order valence-corrected chi connectivity index (χ3v) is 3.43. The molecule has 0 atom stereocenters. The van der Waals surface area contributed by atoms with E-state index in [1.54, 1.807) is 19.1 Å². The lowest BCUT2D eigenvalue weighted by Gasteiger charge is -2.03. The van der Waals surface area contributed by atoms with E-state index < -0.39 is 17.1 Å². The molecule has 0 fully saturated rings. The van der Waals surface area contributed by atoms with Crippen molar-refractivity contribution in [3.8, 4) is 5.75 Å². The smallest absolute Gasteiger partial charge is 0.329 e. The number of aromatic nitrogens is 2. The summed E-state index contributed by atoms with van der Waals surface area (Å²) in [5, 5.41) is 9.88. The van der Waals surface area contributed by atoms with Crippen molar-refractivity contribution in [3.63, 3.8) is 0 Å². The largest absolute Gasteiger partial charge is 0.501 e. The van der Waals surface area contributed by atoms with Crippen LogP contribution in [-0.2, 0) is 6.42 Å². The Kier molecular flexibility index (Phi) is 3.69. The van der Waals surface area contributed by atoms with Gasteiger partial charge in [-0.2, -0.15) is 0 Å². The number of aryl methyl sites for hydroxylation is 2. The predicted molar refractivity (Wildman–Crippen MR) is 79.2 cm³/mol. The highest BCUT2D eigenvalue weighted by atomic mass is 19.1. The molecular formula is C16H13FN2O4. The van der Waals surface area contributed by atoms with Crippen LogP contribution in [0.3, 0.4) is 0 Å². The fraction of sp³-hybridized carbons (Fsp3) is 0.188. The van der Waals surface area contributed by atoms with Gasteiger partial charge in [-0.3, -0.25) is 9.59 Å². The second-order valence-corrected chi connectivity index (χ2v) is 5.16. The van der Waals surface area contributed by atoms with E-state index in [-0.39, 0.29) is 23.6 Å². The van der Waals surface area contributed by atoms with Gasteiger partial charge in [-0.25, -0.2) is 9.37 Å². The van der Waals surface area contributed by atoms with E-state index in [2.05, 4.69) is 4.98 Å². The minimum Gasteiger partial charge on any atom is -0.501 e. The molecule has 3 aromatic rings. The number of rotatable bonds is 4. The molecule has 0 aliphatic heterocycles. The third-order valence-electron chi connectivity index (χ3n) is 3.43. The van der Waals surface area contributed by atoms with E-state index in [0.717, 1.165) is 10.1 Å². The number of ketones is 1. The van der Waals surface area contributed by atoms with Crippen LogP contribution in [0.2, 0.25) is 0 Å². The van der Waals surface area contributed by atoms with Gasteiger partial charge in [0.25, 0.3) is 0 Å². The summed E-state index contributed by atoms with van der Waals surface area (Å²) in [5.74, 6) is -1.12. The number of Topliss-reactive ketones (excluding diaryl/α,β-unsaturated/α-hetero) is 1. The molecule has 0 aliphatic carbocycles. The van der Waals surface area contributed by atoms with Crippen LogP contribution >= 0.6 is 0 Å². The minimum absolute atomic E-state index is 0.0403. The van der Waals surface area contributed by atoms with Crippen molar-refractivity contribution < 1.29 is 18.8 Å². The Bertz CT molecular complexity index is 941. The van der Waals surface area contributed by atoms with Crippen molar-refractivity contribution in [2.45, 2.75) is 19.8 Å². The zero-order chi connectivity index (χ0) is 16.6. The van der Waals surface area contributed by atoms with Crippen LogP contribution in [0.5, 0.6) is 5.75 Å². The molecule has 0 amide bonds. The number of hydrogen-bond donors (Lipinski definition) is 1. The minimum atomic E-state index is -0.826. The molecule has 3 rings (SSSR count). The molecule has 6 nitrogen and oxygen atoms in total. The van der Waals surface area contributed by atoms with Crippen LogP contribution in [0.25, 0.3) is 5.65 Å². The van der Waals surface area contributed by atoms with Crippen molar-refractivity contribution >= 4 is 11.4 Å². The lowest BCUT2D eigenvalue weighted by atomic mass is 10.1. The van der Waals surface area contributed by atoms with Crippen molar-refractivity contribution in [2.24, 2.45) is 0 Å². The molecule has 1 aromatic carbocycles. The van der Waals surface area contributed by atoms with Gasteiger partial charge in [0, 0.05) is 12.5 Å². The molecular weight excluding hydrogens is 303 g/mol. The Balaban J connectivity index is 1.87. The molecule has 0 spiro atoms. The Hall–Kier alpha value is -2.96. The van der Waals surface area contributed by atoms with E-state index in [9.17, 15) is 19.1 Å². The fourth-order valence-corrected chi connectivity index (χ4v) is 2.27. The van der Waals surface area contributed by atoms with Crippen LogP contribution in [0.15, 0.2) is 39.6 Å². The highest BCUT2D eigenvalue weighted by Gasteiger charge is 2.20. The van der Waals surface area contributed by atoms with Gasteiger partial charge in [0.1, 0.15) is 11.6 Å². The van der Waals surface area contributed by atoms with Crippen molar-refractivity contribution in [3.05, 3.63) is 63.5 Å². The second-order valence-electron chi connectivity index (χ2n) is 5.16. The van der Waals surface area contributed by atoms with Crippen LogP contribution in [-0.4, -0.2) is 20.4 Å². The average molecular weight is 316 g/mol. The lowest BCUT2D eigenvalue weighted by Crippen LogP contribution is -2.17. The van der Waals surface area contributed by atoms with Crippen molar-refractivity contribution in [2.75, 3.05) is 0 Å². The van der Waals surface area contributed by atoms with Crippen LogP contribution in [0.1, 0.15) is 28.2 Å². The Morgan fingerprint density at radius 2 is 2.04 bits per heavy atom. The first kappa shape index (κ1) is 15.0. The summed E-state index contributed by atoms with van der Waals surface area (Å²) in [6.07, 6.45) is 0.392. The highest BCUT2D eigenvalue weighted by molar-refractivity contribution is 5.97. The van der Waals surface area contributed by atoms with Gasteiger partial charge in [0.2, 0.25) is 5.75 Å². The van der Waals surface area contributed by atoms with Gasteiger partial charge >= 0.3 is 5.56 Å². The van der Waals surface area contributed by atoms with Crippen molar-refractivity contribution in [1.82, 2.24) is 9.56 Å². The Morgan fingerprint density at radius 3 is 2.74 bits per heavy atom. The summed E-state index contributed by atoms with van der Waals surface area (Å²) >= 11 is 0. The van der Waals surface area contributed by atoms with Gasteiger partial charge in [-0.15, -0.1) is 4.57 Å². The van der Waals surface area contributed by atoms with Gasteiger partial charge in [-0.05, 0) is 31.0 Å². The average Bonchev–Trinajstić information content (AvgIpc) is 2.91. The summed E-state index contributed by atoms with van der Waals surface area (Å²) in [7, 11) is 0. The molecule has 2 heterocycles. The summed E-state index contributed by atoms with van der Waals surface area (Å²) in [6.45, 7) is 1.63. The van der Waals surface area contributed by atoms with E-state index in [1.807, 2.05) is 0 Å². The normalized spacial score (nSPS) is 11.0. The highest BCUT2D eigenvalue weighted by Crippen LogP contribution is 2.16. The van der Waals surface area contributed by atoms with E-state index >= 15 is 0 Å². The van der Waals surface area contributed by atoms with E-state index in [1.165, 1.54) is 18.2 Å². The maximum absolute atomic E-state index is 12.8. The number of carbonyl (C=O) groups is 1. The fourth-order valence-electron chi connectivity index (χ4n) is 2.27. The van der Waals surface area contributed by atoms with Crippen LogP contribution in [0.4, 0.5) is 4.39 Å². The SMILES string of the molecule is Cc1cc2nc(C(=O)CCc3ccc(F)cc3)c(O)c(=O)n2o1. The number of hydrogen-bond acceptors (Lipinski definition) is 5. The van der Waals surface area contributed by atoms with Crippen LogP contribution < -0.4 is 5.56 Å². The maximum atomic E-state index is 12.8. The molecule has 0 aliphatic rings. The van der Waals surface area contributed by atoms with Gasteiger partial charge in [0.15, 0.2) is 17.1 Å². The van der Waals surface area contributed by atoms with E-state index in [4.69, 9.17) is 4.52 Å². The van der Waals surface area contributed by atoms with Gasteiger partial charge in [0.05, 0.1) is 0 Å². The standard InChI is InChI=1S/C16H13FN2O4/c1-9-8-13-18-14(15(21)16(22)19(13)23-9)12(20)7-4-10-2-5-11(17)6-3-10/h2-3,5-6,8,21H,4,7H2,1H3. The molecule has 0 bridgehead atoms. The third kappa shape index (κ3) is 2.85. The Labute approximate surface area is 129 Å². The molecule has 0 saturated carbocycles. The van der Waals surface area contributed by atoms with Gasteiger partial charge in [-0.1, -0.05) is 12.1 Å². The summed E-state index contributed by atoms with van der Waals surface area (Å²) in [5.41, 5.74) is -0.169. The van der Waals surface area contributed by atoms with E-state index in [0.29, 0.717) is 12.2 Å². The number of nitrogens with zero attached hydrogens (tertiary/aromatic N) is 2. The topological polar surface area (TPSA) is 84.8 Å². The number of aromatic hydroxyl groups is 1. The van der Waals surface area contributed by atoms with Crippen molar-refractivity contribution in [1.29, 1.82) is 0 Å². The summed E-state index contributed by atoms with van der Waals surface area (Å²) in [6, 6.07) is 7.27. The first-order valence-electron chi connectivity index (χ1n) is 6.96.